The van der Waals surface area contributed by atoms with Crippen molar-refractivity contribution in [2.45, 2.75) is 26.3 Å². The van der Waals surface area contributed by atoms with E-state index < -0.39 is 19.2 Å². The normalized spacial score (nSPS) is 15.8. The highest BCUT2D eigenvalue weighted by molar-refractivity contribution is 7.69. The van der Waals surface area contributed by atoms with Gasteiger partial charge in [-0.2, -0.15) is 0 Å². The molecule has 1 amide bonds. The number of nitrogens with one attached hydrogen (secondary N) is 2. The Hall–Kier alpha value is -1.16. The van der Waals surface area contributed by atoms with Crippen LogP contribution in [0.15, 0.2) is 30.3 Å². The van der Waals surface area contributed by atoms with Crippen molar-refractivity contribution in [2.75, 3.05) is 6.66 Å². The number of benzene rings is 1. The van der Waals surface area contributed by atoms with Gasteiger partial charge in [-0.3, -0.25) is 15.1 Å². The van der Waals surface area contributed by atoms with Gasteiger partial charge in [0.15, 0.2) is 7.29 Å². The molecule has 2 atom stereocenters. The Labute approximate surface area is 113 Å². The van der Waals surface area contributed by atoms with Gasteiger partial charge in [-0.1, -0.05) is 44.2 Å². The number of amides is 1. The van der Waals surface area contributed by atoms with Crippen molar-refractivity contribution in [1.29, 1.82) is 0 Å². The van der Waals surface area contributed by atoms with Crippen molar-refractivity contribution in [3.63, 3.8) is 0 Å². The Kier molecular flexibility index (Phi) is 5.73. The molecule has 0 aromatic heterocycles. The van der Waals surface area contributed by atoms with Gasteiger partial charge in [0, 0.05) is 12.0 Å². The van der Waals surface area contributed by atoms with Crippen LogP contribution in [-0.4, -0.2) is 23.8 Å². The van der Waals surface area contributed by atoms with E-state index in [1.807, 2.05) is 19.9 Å². The molecule has 0 saturated carbocycles. The van der Waals surface area contributed by atoms with Crippen molar-refractivity contribution in [3.05, 3.63) is 30.3 Å². The average molecular weight is 284 g/mol. The second kappa shape index (κ2) is 6.85. The quantitative estimate of drug-likeness (QED) is 0.422. The molecule has 1 aromatic rings. The van der Waals surface area contributed by atoms with Crippen LogP contribution in [0.3, 0.4) is 0 Å². The zero-order valence-corrected chi connectivity index (χ0v) is 12.4. The summed E-state index contributed by atoms with van der Waals surface area (Å²) in [7, 11) is -2.85. The molecule has 6 heteroatoms. The minimum Gasteiger partial charge on any atom is -0.302 e. The largest absolute Gasteiger partial charge is 0.302 e. The predicted octanol–water partition coefficient (Wildman–Crippen LogP) is 1.73. The molecule has 5 nitrogen and oxygen atoms in total. The molecule has 0 fully saturated rings. The van der Waals surface area contributed by atoms with E-state index in [1.165, 1.54) is 0 Å². The van der Waals surface area contributed by atoms with E-state index in [2.05, 4.69) is 5.09 Å². The van der Waals surface area contributed by atoms with Crippen LogP contribution < -0.4 is 15.9 Å². The van der Waals surface area contributed by atoms with E-state index in [9.17, 15) is 9.36 Å². The average Bonchev–Trinajstić information content (AvgIpc) is 2.37. The zero-order chi connectivity index (χ0) is 14.5. The summed E-state index contributed by atoms with van der Waals surface area (Å²) in [5.41, 5.74) is 1.62. The predicted molar refractivity (Wildman–Crippen MR) is 75.9 cm³/mol. The third kappa shape index (κ3) is 4.78. The number of hydroxylamine groups is 1. The topological polar surface area (TPSA) is 78.4 Å². The van der Waals surface area contributed by atoms with Gasteiger partial charge in [-0.15, -0.1) is 0 Å². The fourth-order valence-electron chi connectivity index (χ4n) is 1.85. The lowest BCUT2D eigenvalue weighted by atomic mass is 10.0. The Morgan fingerprint density at radius 1 is 1.32 bits per heavy atom. The maximum Gasteiger partial charge on any atom is 0.260 e. The van der Waals surface area contributed by atoms with Crippen molar-refractivity contribution in [2.24, 2.45) is 5.92 Å². The molecule has 0 aliphatic rings. The summed E-state index contributed by atoms with van der Waals surface area (Å²) in [4.78, 5) is 11.6. The number of hydrogen-bond acceptors (Lipinski definition) is 3. The van der Waals surface area contributed by atoms with Crippen LogP contribution in [0.1, 0.15) is 20.3 Å². The number of rotatable bonds is 6. The minimum absolute atomic E-state index is 0.241. The Morgan fingerprint density at radius 3 is 2.37 bits per heavy atom. The lowest BCUT2D eigenvalue weighted by molar-refractivity contribution is -0.131. The first-order valence-corrected chi connectivity index (χ1v) is 8.37. The van der Waals surface area contributed by atoms with Gasteiger partial charge < -0.3 is 4.57 Å². The first-order valence-electron chi connectivity index (χ1n) is 6.21. The molecule has 0 bridgehead atoms. The summed E-state index contributed by atoms with van der Waals surface area (Å²) in [5.74, 6) is -0.322. The first kappa shape index (κ1) is 15.9. The lowest BCUT2D eigenvalue weighted by Crippen LogP contribution is -2.43. The van der Waals surface area contributed by atoms with Crippen molar-refractivity contribution in [1.82, 2.24) is 10.6 Å². The van der Waals surface area contributed by atoms with Gasteiger partial charge >= 0.3 is 0 Å². The maximum absolute atomic E-state index is 12.7. The Morgan fingerprint density at radius 2 is 1.89 bits per heavy atom. The van der Waals surface area contributed by atoms with E-state index in [1.54, 1.807) is 36.4 Å². The smallest absolute Gasteiger partial charge is 0.260 e. The molecule has 3 N–H and O–H groups in total. The van der Waals surface area contributed by atoms with Gasteiger partial charge in [-0.05, 0) is 12.3 Å². The molecule has 0 aliphatic carbocycles. The highest BCUT2D eigenvalue weighted by Crippen LogP contribution is 2.36. The third-order valence-corrected chi connectivity index (χ3v) is 4.87. The zero-order valence-electron chi connectivity index (χ0n) is 11.5. The SMILES string of the molecule is CC(C)C[C@@H](NP(C)(=O)c1ccccc1)C(=O)NO. The van der Waals surface area contributed by atoms with Gasteiger partial charge in [0.25, 0.3) is 5.91 Å². The van der Waals surface area contributed by atoms with Crippen LogP contribution in [0.5, 0.6) is 0 Å². The van der Waals surface area contributed by atoms with Crippen LogP contribution in [-0.2, 0) is 9.36 Å². The highest BCUT2D eigenvalue weighted by Gasteiger charge is 2.27. The maximum atomic E-state index is 12.7. The monoisotopic (exact) mass is 284 g/mol. The molecule has 19 heavy (non-hydrogen) atoms. The van der Waals surface area contributed by atoms with Crippen LogP contribution in [0, 0.1) is 5.92 Å². The molecule has 0 aliphatic heterocycles. The summed E-state index contributed by atoms with van der Waals surface area (Å²) >= 11 is 0. The molecular weight excluding hydrogens is 263 g/mol. The Balaban J connectivity index is 2.89. The molecule has 0 heterocycles. The molecule has 0 saturated heterocycles. The van der Waals surface area contributed by atoms with Crippen LogP contribution in [0.4, 0.5) is 0 Å². The first-order chi connectivity index (χ1) is 8.86. The number of carbonyl (C=O) groups is 1. The van der Waals surface area contributed by atoms with E-state index >= 15 is 0 Å². The summed E-state index contributed by atoms with van der Waals surface area (Å²) in [6, 6.07) is 8.29. The van der Waals surface area contributed by atoms with Crippen LogP contribution in [0.2, 0.25) is 0 Å². The third-order valence-electron chi connectivity index (χ3n) is 2.78. The molecule has 1 rings (SSSR count). The van der Waals surface area contributed by atoms with Gasteiger partial charge in [-0.25, -0.2) is 5.48 Å². The van der Waals surface area contributed by atoms with Crippen molar-refractivity contribution < 1.29 is 14.6 Å². The molecule has 106 valence electrons. The van der Waals surface area contributed by atoms with Gasteiger partial charge in [0.05, 0.1) is 6.04 Å². The van der Waals surface area contributed by atoms with E-state index in [-0.39, 0.29) is 5.92 Å². The van der Waals surface area contributed by atoms with E-state index in [0.29, 0.717) is 11.7 Å². The second-order valence-electron chi connectivity index (χ2n) is 5.05. The van der Waals surface area contributed by atoms with E-state index in [0.717, 1.165) is 0 Å². The molecule has 1 aromatic carbocycles. The molecule has 0 radical (unpaired) electrons. The van der Waals surface area contributed by atoms with Crippen LogP contribution >= 0.6 is 7.29 Å². The lowest BCUT2D eigenvalue weighted by Gasteiger charge is -2.23. The fraction of sp³-hybridized carbons (Fsp3) is 0.462. The van der Waals surface area contributed by atoms with Crippen molar-refractivity contribution >= 4 is 18.5 Å². The molecule has 0 spiro atoms. The number of hydrogen-bond donors (Lipinski definition) is 3. The Bertz CT molecular complexity index is 462. The van der Waals surface area contributed by atoms with Gasteiger partial charge in [0.1, 0.15) is 0 Å². The summed E-state index contributed by atoms with van der Waals surface area (Å²) in [5, 5.41) is 12.3. The van der Waals surface area contributed by atoms with E-state index in [4.69, 9.17) is 5.21 Å². The summed E-state index contributed by atoms with van der Waals surface area (Å²) in [6.07, 6.45) is 0.497. The highest BCUT2D eigenvalue weighted by atomic mass is 31.2. The summed E-state index contributed by atoms with van der Waals surface area (Å²) < 4.78 is 12.7. The van der Waals surface area contributed by atoms with Gasteiger partial charge in [0.2, 0.25) is 0 Å². The molecule has 1 unspecified atom stereocenters. The fourth-order valence-corrected chi connectivity index (χ4v) is 3.56. The summed E-state index contributed by atoms with van der Waals surface area (Å²) in [6.45, 7) is 5.51. The van der Waals surface area contributed by atoms with Crippen molar-refractivity contribution in [3.8, 4) is 0 Å². The second-order valence-corrected chi connectivity index (χ2v) is 7.67. The standard InChI is InChI=1S/C13H21N2O3P/c1-10(2)9-12(13(16)14-17)15-19(3,18)11-7-5-4-6-8-11/h4-8,10,12,17H,9H2,1-3H3,(H,14,16)(H,15,18)/t12-,19?/m1/s1. The van der Waals surface area contributed by atoms with Crippen LogP contribution in [0.25, 0.3) is 0 Å². The number of carbonyl (C=O) groups excluding carboxylic acids is 1. The minimum atomic E-state index is -2.85. The molecular formula is C13H21N2O3P.